The van der Waals surface area contributed by atoms with E-state index >= 15 is 0 Å². The van der Waals surface area contributed by atoms with Gasteiger partial charge in [-0.15, -0.1) is 0 Å². The molecule has 0 aromatic heterocycles. The molecule has 9 nitrogen and oxygen atoms in total. The van der Waals surface area contributed by atoms with E-state index in [1.54, 1.807) is 6.92 Å². The minimum absolute atomic E-state index is 0.129. The summed E-state index contributed by atoms with van der Waals surface area (Å²) in [5.74, 6) is -0.951. The van der Waals surface area contributed by atoms with Crippen molar-refractivity contribution in [3.8, 4) is 0 Å². The van der Waals surface area contributed by atoms with Crippen molar-refractivity contribution in [3.63, 3.8) is 0 Å². The first-order valence-corrected chi connectivity index (χ1v) is 8.80. The first-order valence-electron chi connectivity index (χ1n) is 7.92. The third-order valence-electron chi connectivity index (χ3n) is 3.89. The molecule has 3 N–H and O–H groups in total. The number of hydrogen-bond donors (Lipinski definition) is 2. The van der Waals surface area contributed by atoms with Gasteiger partial charge in [-0.2, -0.15) is 0 Å². The Morgan fingerprint density at radius 1 is 1.31 bits per heavy atom. The molecular formula is C16H19N3O6S. The standard InChI is InChI=1S/C8H14N2O2S.C8H5NO4/c1-5(11)13-6-2-3-7(8(9)12)10-4-6;10-8-6-3-1-5(2-4-6)7(13-8)9(11)12/h6-7,10H,2-4H2,1H3,(H2,9,12);1-4,7H. The van der Waals surface area contributed by atoms with Crippen LogP contribution in [0.2, 0.25) is 0 Å². The van der Waals surface area contributed by atoms with Crippen LogP contribution >= 0.6 is 11.8 Å². The van der Waals surface area contributed by atoms with Crippen molar-refractivity contribution in [1.29, 1.82) is 0 Å². The maximum atomic E-state index is 11.1. The Morgan fingerprint density at radius 3 is 2.42 bits per heavy atom. The number of hydrogen-bond acceptors (Lipinski definition) is 8. The summed E-state index contributed by atoms with van der Waals surface area (Å²) >= 11 is 1.34. The van der Waals surface area contributed by atoms with E-state index in [9.17, 15) is 24.5 Å². The SMILES string of the molecule is CC(=O)SC1CCC(C(N)=O)NC1.O=C1OC([N+](=O)[O-])c2ccc1cc2. The molecule has 2 bridgehead atoms. The molecule has 1 aromatic carbocycles. The van der Waals surface area contributed by atoms with Gasteiger partial charge in [-0.3, -0.25) is 19.7 Å². The Bertz CT molecular complexity index is 700. The number of primary amides is 1. The zero-order valence-electron chi connectivity index (χ0n) is 14.0. The zero-order valence-corrected chi connectivity index (χ0v) is 14.9. The molecule has 0 radical (unpaired) electrons. The molecule has 4 rings (SSSR count). The number of carbonyl (C=O) groups excluding carboxylic acids is 3. The van der Waals surface area contributed by atoms with Crippen molar-refractivity contribution in [2.75, 3.05) is 6.54 Å². The average Bonchev–Trinajstić information content (AvgIpc) is 2.85. The van der Waals surface area contributed by atoms with Gasteiger partial charge < -0.3 is 15.8 Å². The second-order valence-electron chi connectivity index (χ2n) is 5.84. The van der Waals surface area contributed by atoms with Gasteiger partial charge in [-0.25, -0.2) is 4.79 Å². The molecule has 3 aliphatic rings. The topological polar surface area (TPSA) is 142 Å². The number of nitrogens with one attached hydrogen (secondary N) is 1. The lowest BCUT2D eigenvalue weighted by Crippen LogP contribution is -2.48. The number of nitro groups is 1. The molecule has 0 spiro atoms. The highest BCUT2D eigenvalue weighted by atomic mass is 32.2. The Morgan fingerprint density at radius 2 is 1.96 bits per heavy atom. The summed E-state index contributed by atoms with van der Waals surface area (Å²) in [6, 6.07) is 5.87. The Labute approximate surface area is 153 Å². The lowest BCUT2D eigenvalue weighted by atomic mass is 10.0. The molecule has 140 valence electrons. The van der Waals surface area contributed by atoms with Crippen molar-refractivity contribution in [3.05, 3.63) is 45.5 Å². The third-order valence-corrected chi connectivity index (χ3v) is 4.95. The number of carbonyl (C=O) groups is 3. The maximum Gasteiger partial charge on any atom is 0.383 e. The smallest absolute Gasteiger partial charge is 0.383 e. The van der Waals surface area contributed by atoms with Crippen molar-refractivity contribution in [2.24, 2.45) is 5.73 Å². The molecule has 0 aliphatic carbocycles. The van der Waals surface area contributed by atoms with Gasteiger partial charge in [0.1, 0.15) is 0 Å². The molecule has 1 amide bonds. The molecule has 3 unspecified atom stereocenters. The molecule has 26 heavy (non-hydrogen) atoms. The zero-order chi connectivity index (χ0) is 19.3. The van der Waals surface area contributed by atoms with E-state index in [4.69, 9.17) is 5.73 Å². The van der Waals surface area contributed by atoms with E-state index in [0.29, 0.717) is 22.9 Å². The molecule has 10 heteroatoms. The summed E-state index contributed by atoms with van der Waals surface area (Å²) in [6.07, 6.45) is 0.255. The second-order valence-corrected chi connectivity index (χ2v) is 7.31. The predicted octanol–water partition coefficient (Wildman–Crippen LogP) is 1.00. The largest absolute Gasteiger partial charge is 0.390 e. The third kappa shape index (κ3) is 5.27. The van der Waals surface area contributed by atoms with Crippen LogP contribution in [0.15, 0.2) is 24.3 Å². The highest BCUT2D eigenvalue weighted by Gasteiger charge is 2.31. The second kappa shape index (κ2) is 8.77. The maximum absolute atomic E-state index is 11.1. The van der Waals surface area contributed by atoms with Crippen LogP contribution in [0.4, 0.5) is 0 Å². The molecule has 1 saturated heterocycles. The van der Waals surface area contributed by atoms with Crippen LogP contribution in [0.5, 0.6) is 0 Å². The van der Waals surface area contributed by atoms with E-state index in [0.717, 1.165) is 12.8 Å². The molecular weight excluding hydrogens is 362 g/mol. The van der Waals surface area contributed by atoms with E-state index in [-0.39, 0.29) is 17.1 Å². The molecule has 3 atom stereocenters. The minimum Gasteiger partial charge on any atom is -0.390 e. The lowest BCUT2D eigenvalue weighted by molar-refractivity contribution is -0.574. The fourth-order valence-corrected chi connectivity index (χ4v) is 3.50. The van der Waals surface area contributed by atoms with E-state index < -0.39 is 17.1 Å². The fraction of sp³-hybridized carbons (Fsp3) is 0.438. The van der Waals surface area contributed by atoms with Gasteiger partial charge in [-0.1, -0.05) is 11.8 Å². The summed E-state index contributed by atoms with van der Waals surface area (Å²) in [6.45, 7) is 2.25. The molecule has 3 heterocycles. The monoisotopic (exact) mass is 381 g/mol. The first kappa shape index (κ1) is 19.9. The number of amides is 1. The summed E-state index contributed by atoms with van der Waals surface area (Å²) in [7, 11) is 0. The van der Waals surface area contributed by atoms with Crippen LogP contribution in [-0.2, 0) is 14.3 Å². The van der Waals surface area contributed by atoms with Crippen LogP contribution in [0.1, 0.15) is 41.9 Å². The van der Waals surface area contributed by atoms with Gasteiger partial charge in [0.05, 0.1) is 22.1 Å². The normalized spacial score (nSPS) is 23.9. The molecule has 0 saturated carbocycles. The fourth-order valence-electron chi connectivity index (χ4n) is 2.59. The van der Waals surface area contributed by atoms with Crippen LogP contribution < -0.4 is 11.1 Å². The van der Waals surface area contributed by atoms with Gasteiger partial charge in [-0.05, 0) is 37.1 Å². The molecule has 1 aromatic rings. The number of piperidine rings is 1. The van der Waals surface area contributed by atoms with Gasteiger partial charge in [0.2, 0.25) is 5.91 Å². The van der Waals surface area contributed by atoms with E-state index in [1.165, 1.54) is 36.0 Å². The van der Waals surface area contributed by atoms with E-state index in [1.807, 2.05) is 0 Å². The number of fused-ring (bicyclic) bond motifs is 4. The number of esters is 1. The average molecular weight is 381 g/mol. The molecule has 1 fully saturated rings. The van der Waals surface area contributed by atoms with Crippen LogP contribution in [-0.4, -0.2) is 39.8 Å². The van der Waals surface area contributed by atoms with Crippen LogP contribution in [0.25, 0.3) is 0 Å². The van der Waals surface area contributed by atoms with Gasteiger partial charge in [0.25, 0.3) is 0 Å². The summed E-state index contributed by atoms with van der Waals surface area (Å²) < 4.78 is 4.62. The lowest BCUT2D eigenvalue weighted by Gasteiger charge is -2.26. The number of ether oxygens (including phenoxy) is 1. The Kier molecular flexibility index (Phi) is 6.70. The number of nitrogens with two attached hydrogens (primary N) is 1. The minimum atomic E-state index is -1.36. The Hall–Kier alpha value is -2.46. The van der Waals surface area contributed by atoms with Crippen LogP contribution in [0, 0.1) is 10.1 Å². The summed E-state index contributed by atoms with van der Waals surface area (Å²) in [5.41, 5.74) is 5.87. The van der Waals surface area contributed by atoms with Gasteiger partial charge in [0, 0.05) is 18.7 Å². The highest BCUT2D eigenvalue weighted by Crippen LogP contribution is 2.24. The predicted molar refractivity (Wildman–Crippen MR) is 93.9 cm³/mol. The van der Waals surface area contributed by atoms with Crippen molar-refractivity contribution >= 4 is 28.8 Å². The summed E-state index contributed by atoms with van der Waals surface area (Å²) in [4.78, 5) is 42.5. The number of benzene rings is 1. The summed E-state index contributed by atoms with van der Waals surface area (Å²) in [5, 5.41) is 13.9. The first-order chi connectivity index (χ1) is 12.3. The quantitative estimate of drug-likeness (QED) is 0.449. The van der Waals surface area contributed by atoms with E-state index in [2.05, 4.69) is 10.1 Å². The number of nitrogens with zero attached hydrogens (tertiary/aromatic N) is 1. The number of thioether (sulfide) groups is 1. The van der Waals surface area contributed by atoms with Crippen molar-refractivity contribution < 1.29 is 24.0 Å². The Balaban J connectivity index is 0.000000187. The van der Waals surface area contributed by atoms with Crippen LogP contribution in [0.3, 0.4) is 0 Å². The van der Waals surface area contributed by atoms with Crippen molar-refractivity contribution in [2.45, 2.75) is 37.3 Å². The number of rotatable bonds is 3. The molecule has 3 aliphatic heterocycles. The highest BCUT2D eigenvalue weighted by molar-refractivity contribution is 8.14. The van der Waals surface area contributed by atoms with Gasteiger partial charge in [0.15, 0.2) is 5.12 Å². The van der Waals surface area contributed by atoms with Crippen molar-refractivity contribution in [1.82, 2.24) is 5.32 Å². The van der Waals surface area contributed by atoms with Gasteiger partial charge >= 0.3 is 12.2 Å².